The topological polar surface area (TPSA) is 114 Å². The first-order chi connectivity index (χ1) is 16.5. The van der Waals surface area contributed by atoms with E-state index in [1.165, 1.54) is 4.57 Å². The summed E-state index contributed by atoms with van der Waals surface area (Å²) >= 11 is 6.00. The van der Waals surface area contributed by atoms with E-state index in [4.69, 9.17) is 16.9 Å². The molecule has 0 aliphatic carbocycles. The molecule has 4 aromatic rings. The third-order valence-electron chi connectivity index (χ3n) is 5.78. The molecule has 4 rings (SSSR count). The fourth-order valence-corrected chi connectivity index (χ4v) is 4.17. The van der Waals surface area contributed by atoms with Crippen LogP contribution in [0.2, 0.25) is 5.28 Å². The molecule has 3 heterocycles. The van der Waals surface area contributed by atoms with Crippen molar-refractivity contribution in [3.8, 4) is 6.07 Å². The van der Waals surface area contributed by atoms with Crippen molar-refractivity contribution in [1.82, 2.24) is 28.9 Å². The van der Waals surface area contributed by atoms with Crippen LogP contribution in [0.15, 0.2) is 46.2 Å². The predicted octanol–water partition coefficient (Wildman–Crippen LogP) is 3.48. The van der Waals surface area contributed by atoms with Gasteiger partial charge < -0.3 is 4.98 Å². The Balaban J connectivity index is 1.46. The summed E-state index contributed by atoms with van der Waals surface area (Å²) in [6.45, 7) is 3.48. The quantitative estimate of drug-likeness (QED) is 0.276. The molecule has 0 aliphatic rings. The summed E-state index contributed by atoms with van der Waals surface area (Å²) in [6, 6.07) is 9.51. The zero-order valence-electron chi connectivity index (χ0n) is 19.0. The molecule has 0 amide bonds. The van der Waals surface area contributed by atoms with Crippen LogP contribution in [0.25, 0.3) is 11.2 Å². The molecule has 0 fully saturated rings. The molecular formula is C24H26ClN7O2. The van der Waals surface area contributed by atoms with E-state index in [9.17, 15) is 9.59 Å². The molecule has 3 aromatic heterocycles. The summed E-state index contributed by atoms with van der Waals surface area (Å²) in [4.78, 5) is 33.0. The summed E-state index contributed by atoms with van der Waals surface area (Å²) in [5.41, 5.74) is 2.52. The van der Waals surface area contributed by atoms with Crippen molar-refractivity contribution < 1.29 is 0 Å². The van der Waals surface area contributed by atoms with Gasteiger partial charge in [-0.15, -0.1) is 0 Å². The van der Waals surface area contributed by atoms with Crippen LogP contribution in [-0.4, -0.2) is 28.9 Å². The number of aryl methyl sites for hydroxylation is 2. The van der Waals surface area contributed by atoms with Gasteiger partial charge in [0.15, 0.2) is 11.2 Å². The number of hydrogen-bond donors (Lipinski definition) is 1. The van der Waals surface area contributed by atoms with Crippen LogP contribution in [0.1, 0.15) is 49.3 Å². The molecule has 1 N–H and O–H groups in total. The predicted molar refractivity (Wildman–Crippen MR) is 130 cm³/mol. The highest BCUT2D eigenvalue weighted by Crippen LogP contribution is 2.12. The maximum Gasteiger partial charge on any atom is 0.332 e. The molecule has 0 saturated carbocycles. The number of fused-ring (bicyclic) bond motifs is 1. The average molecular weight is 480 g/mol. The summed E-state index contributed by atoms with van der Waals surface area (Å²) in [7, 11) is 0. The number of imidazole rings is 1. The van der Waals surface area contributed by atoms with Crippen molar-refractivity contribution in [2.45, 2.75) is 58.7 Å². The number of hydrogen-bond acceptors (Lipinski definition) is 5. The number of nitrogens with one attached hydrogen (secondary N) is 1. The molecule has 0 aliphatic heterocycles. The highest BCUT2D eigenvalue weighted by Gasteiger charge is 2.16. The van der Waals surface area contributed by atoms with Crippen LogP contribution in [0.3, 0.4) is 0 Å². The van der Waals surface area contributed by atoms with Crippen molar-refractivity contribution in [3.05, 3.63) is 79.5 Å². The normalized spacial score (nSPS) is 11.2. The van der Waals surface area contributed by atoms with Gasteiger partial charge in [0.1, 0.15) is 0 Å². The molecule has 1 aromatic carbocycles. The summed E-state index contributed by atoms with van der Waals surface area (Å²) < 4.78 is 4.65. The lowest BCUT2D eigenvalue weighted by Crippen LogP contribution is -2.40. The number of nitrogens with zero attached hydrogens (tertiary/aromatic N) is 6. The Hall–Kier alpha value is -3.64. The Bertz CT molecular complexity index is 1440. The van der Waals surface area contributed by atoms with Gasteiger partial charge in [-0.1, -0.05) is 31.9 Å². The molecule has 9 nitrogen and oxygen atoms in total. The van der Waals surface area contributed by atoms with Crippen molar-refractivity contribution in [2.75, 3.05) is 0 Å². The van der Waals surface area contributed by atoms with Crippen molar-refractivity contribution in [3.63, 3.8) is 0 Å². The van der Waals surface area contributed by atoms with Crippen LogP contribution in [-0.2, 0) is 26.1 Å². The van der Waals surface area contributed by atoms with Crippen LogP contribution >= 0.6 is 11.6 Å². The number of unbranched alkanes of at least 4 members (excludes halogenated alkanes) is 2. The summed E-state index contributed by atoms with van der Waals surface area (Å²) in [5.74, 6) is 0. The minimum atomic E-state index is -0.400. The number of halogens is 1. The Morgan fingerprint density at radius 2 is 1.82 bits per heavy atom. The molecule has 10 heteroatoms. The molecule has 0 saturated heterocycles. The first kappa shape index (κ1) is 23.5. The fraction of sp³-hybridized carbons (Fsp3) is 0.375. The minimum Gasteiger partial charge on any atom is -0.323 e. The number of nitriles is 1. The summed E-state index contributed by atoms with van der Waals surface area (Å²) in [5, 5.41) is 13.4. The van der Waals surface area contributed by atoms with E-state index in [0.29, 0.717) is 43.7 Å². The first-order valence-corrected chi connectivity index (χ1v) is 11.8. The maximum absolute atomic E-state index is 13.1. The van der Waals surface area contributed by atoms with Gasteiger partial charge in [-0.25, -0.2) is 4.79 Å². The second-order valence-electron chi connectivity index (χ2n) is 8.28. The van der Waals surface area contributed by atoms with E-state index >= 15 is 0 Å². The summed E-state index contributed by atoms with van der Waals surface area (Å²) in [6.07, 6.45) is 7.88. The molecule has 0 spiro atoms. The molecule has 0 atom stereocenters. The Morgan fingerprint density at radius 1 is 1.06 bits per heavy atom. The Labute approximate surface area is 201 Å². The number of rotatable bonds is 10. The number of benzene rings is 1. The fourth-order valence-electron chi connectivity index (χ4n) is 3.99. The van der Waals surface area contributed by atoms with Crippen LogP contribution in [0, 0.1) is 11.3 Å². The SMILES string of the molecule is CCCCCn1c(=O)n(CCCc2cnn(Cc3ccc(C#N)cc3)c2)c(=O)c2[nH]c(Cl)nc21. The highest BCUT2D eigenvalue weighted by atomic mass is 35.5. The van der Waals surface area contributed by atoms with Gasteiger partial charge >= 0.3 is 5.69 Å². The largest absolute Gasteiger partial charge is 0.332 e. The second kappa shape index (κ2) is 10.5. The van der Waals surface area contributed by atoms with E-state index in [2.05, 4.69) is 28.1 Å². The van der Waals surface area contributed by atoms with Gasteiger partial charge in [0, 0.05) is 19.3 Å². The second-order valence-corrected chi connectivity index (χ2v) is 8.64. The number of aromatic nitrogens is 6. The van der Waals surface area contributed by atoms with E-state index in [1.54, 1.807) is 22.9 Å². The van der Waals surface area contributed by atoms with Gasteiger partial charge in [-0.3, -0.25) is 18.6 Å². The van der Waals surface area contributed by atoms with Crippen LogP contribution in [0.5, 0.6) is 0 Å². The van der Waals surface area contributed by atoms with E-state index < -0.39 is 5.56 Å². The standard InChI is InChI=1S/C24H26ClN7O2/c1-2-3-4-11-31-21-20(28-23(25)29-21)22(33)32(24(31)34)12-5-6-19-14-27-30(16-19)15-18-9-7-17(13-26)8-10-18/h7-10,14,16H,2-6,11-12,15H2,1H3,(H,28,29). The third kappa shape index (κ3) is 5.13. The van der Waals surface area contributed by atoms with Gasteiger partial charge in [0.2, 0.25) is 5.28 Å². The van der Waals surface area contributed by atoms with Gasteiger partial charge in [0.05, 0.1) is 24.4 Å². The minimum absolute atomic E-state index is 0.100. The Morgan fingerprint density at radius 3 is 2.56 bits per heavy atom. The molecular weight excluding hydrogens is 454 g/mol. The van der Waals surface area contributed by atoms with Crippen molar-refractivity contribution >= 4 is 22.8 Å². The third-order valence-corrected chi connectivity index (χ3v) is 5.96. The Kier molecular flexibility index (Phi) is 7.28. The number of aromatic amines is 1. The molecule has 176 valence electrons. The zero-order valence-corrected chi connectivity index (χ0v) is 19.8. The maximum atomic E-state index is 13.1. The van der Waals surface area contributed by atoms with Crippen molar-refractivity contribution in [2.24, 2.45) is 0 Å². The van der Waals surface area contributed by atoms with E-state index in [-0.39, 0.29) is 16.5 Å². The molecule has 34 heavy (non-hydrogen) atoms. The van der Waals surface area contributed by atoms with Crippen LogP contribution < -0.4 is 11.2 Å². The smallest absolute Gasteiger partial charge is 0.323 e. The van der Waals surface area contributed by atoms with E-state index in [0.717, 1.165) is 30.4 Å². The average Bonchev–Trinajstić information content (AvgIpc) is 3.45. The zero-order chi connectivity index (χ0) is 24.1. The monoisotopic (exact) mass is 479 g/mol. The first-order valence-electron chi connectivity index (χ1n) is 11.4. The molecule has 0 radical (unpaired) electrons. The van der Waals surface area contributed by atoms with Crippen LogP contribution in [0.4, 0.5) is 0 Å². The highest BCUT2D eigenvalue weighted by molar-refractivity contribution is 6.28. The van der Waals surface area contributed by atoms with Crippen molar-refractivity contribution in [1.29, 1.82) is 5.26 Å². The van der Waals surface area contributed by atoms with Gasteiger partial charge in [-0.2, -0.15) is 15.3 Å². The lowest BCUT2D eigenvalue weighted by Gasteiger charge is -2.11. The van der Waals surface area contributed by atoms with Gasteiger partial charge in [-0.05, 0) is 54.1 Å². The molecule has 0 unspecified atom stereocenters. The lowest BCUT2D eigenvalue weighted by molar-refractivity contribution is 0.526. The molecule has 0 bridgehead atoms. The number of H-pyrrole nitrogens is 1. The van der Waals surface area contributed by atoms with E-state index in [1.807, 2.05) is 23.0 Å². The lowest BCUT2D eigenvalue weighted by atomic mass is 10.1. The van der Waals surface area contributed by atoms with Gasteiger partial charge in [0.25, 0.3) is 5.56 Å².